The molecule has 0 spiro atoms. The van der Waals surface area contributed by atoms with Crippen LogP contribution in [0.5, 0.6) is 0 Å². The quantitative estimate of drug-likeness (QED) is 0.839. The van der Waals surface area contributed by atoms with Gasteiger partial charge < -0.3 is 10.0 Å². The smallest absolute Gasteiger partial charge is 0.303 e. The predicted octanol–water partition coefficient (Wildman–Crippen LogP) is 2.42. The maximum atomic E-state index is 10.5. The molecule has 1 aliphatic rings. The van der Waals surface area contributed by atoms with Crippen LogP contribution in [-0.4, -0.2) is 35.6 Å². The fraction of sp³-hybridized carbons (Fsp3) is 0.533. The van der Waals surface area contributed by atoms with Crippen molar-refractivity contribution in [1.29, 1.82) is 0 Å². The summed E-state index contributed by atoms with van der Waals surface area (Å²) in [5.74, 6) is 0.0484. The number of benzene rings is 1. The molecule has 1 heterocycles. The molecule has 0 aromatic heterocycles. The molecule has 0 aliphatic carbocycles. The molecule has 1 N–H and O–H groups in total. The number of aliphatic carboxylic acids is 1. The Morgan fingerprint density at radius 3 is 2.83 bits per heavy atom. The predicted molar refractivity (Wildman–Crippen MR) is 71.6 cm³/mol. The number of carboxylic acid groups (broad SMARTS) is 1. The van der Waals surface area contributed by atoms with Crippen molar-refractivity contribution in [3.8, 4) is 0 Å². The molecule has 18 heavy (non-hydrogen) atoms. The number of rotatable bonds is 6. The van der Waals surface area contributed by atoms with Crippen LogP contribution in [0.25, 0.3) is 0 Å². The SMILES string of the molecule is O=C(O)CCCN1CC[C@@H](Cc2ccccc2)C1. The third kappa shape index (κ3) is 4.15. The van der Waals surface area contributed by atoms with E-state index in [2.05, 4.69) is 35.2 Å². The van der Waals surface area contributed by atoms with Crippen molar-refractivity contribution in [2.45, 2.75) is 25.7 Å². The first-order chi connectivity index (χ1) is 8.74. The molecular formula is C15H21NO2. The lowest BCUT2D eigenvalue weighted by molar-refractivity contribution is -0.137. The van der Waals surface area contributed by atoms with Crippen molar-refractivity contribution < 1.29 is 9.90 Å². The van der Waals surface area contributed by atoms with E-state index in [-0.39, 0.29) is 0 Å². The fourth-order valence-corrected chi connectivity index (χ4v) is 2.68. The zero-order chi connectivity index (χ0) is 12.8. The second-order valence-electron chi connectivity index (χ2n) is 5.14. The van der Waals surface area contributed by atoms with E-state index in [0.717, 1.165) is 38.4 Å². The topological polar surface area (TPSA) is 40.5 Å². The average molecular weight is 247 g/mol. The van der Waals surface area contributed by atoms with Gasteiger partial charge in [-0.2, -0.15) is 0 Å². The Bertz CT molecular complexity index is 377. The van der Waals surface area contributed by atoms with Gasteiger partial charge in [0.1, 0.15) is 0 Å². The number of hydrogen-bond donors (Lipinski definition) is 1. The summed E-state index contributed by atoms with van der Waals surface area (Å²) < 4.78 is 0. The molecule has 0 bridgehead atoms. The molecule has 0 radical (unpaired) electrons. The van der Waals surface area contributed by atoms with Gasteiger partial charge in [0.15, 0.2) is 0 Å². The molecule has 1 atom stereocenters. The molecule has 1 aliphatic heterocycles. The monoisotopic (exact) mass is 247 g/mol. The third-order valence-electron chi connectivity index (χ3n) is 3.60. The molecule has 1 aromatic carbocycles. The van der Waals surface area contributed by atoms with Crippen LogP contribution in [0.3, 0.4) is 0 Å². The zero-order valence-corrected chi connectivity index (χ0v) is 10.7. The summed E-state index contributed by atoms with van der Waals surface area (Å²) in [6.07, 6.45) is 3.45. The summed E-state index contributed by atoms with van der Waals surface area (Å²) in [7, 11) is 0. The number of carbonyl (C=O) groups is 1. The highest BCUT2D eigenvalue weighted by Crippen LogP contribution is 2.20. The summed E-state index contributed by atoms with van der Waals surface area (Å²) in [6, 6.07) is 10.6. The molecule has 0 unspecified atom stereocenters. The second kappa shape index (κ2) is 6.55. The van der Waals surface area contributed by atoms with Gasteiger partial charge in [-0.15, -0.1) is 0 Å². The van der Waals surface area contributed by atoms with Crippen molar-refractivity contribution in [3.63, 3.8) is 0 Å². The van der Waals surface area contributed by atoms with Crippen molar-refractivity contribution in [1.82, 2.24) is 4.90 Å². The van der Waals surface area contributed by atoms with Crippen LogP contribution in [0.4, 0.5) is 0 Å². The van der Waals surface area contributed by atoms with E-state index in [1.165, 1.54) is 12.0 Å². The fourth-order valence-electron chi connectivity index (χ4n) is 2.68. The molecular weight excluding hydrogens is 226 g/mol. The first-order valence-corrected chi connectivity index (χ1v) is 6.72. The minimum absolute atomic E-state index is 0.292. The van der Waals surface area contributed by atoms with Crippen LogP contribution in [-0.2, 0) is 11.2 Å². The van der Waals surface area contributed by atoms with Crippen LogP contribution in [0, 0.1) is 5.92 Å². The Balaban J connectivity index is 1.70. The van der Waals surface area contributed by atoms with Gasteiger partial charge in [0.05, 0.1) is 0 Å². The largest absolute Gasteiger partial charge is 0.481 e. The highest BCUT2D eigenvalue weighted by Gasteiger charge is 2.22. The summed E-state index contributed by atoms with van der Waals surface area (Å²) in [5, 5.41) is 8.62. The summed E-state index contributed by atoms with van der Waals surface area (Å²) in [5.41, 5.74) is 1.41. The van der Waals surface area contributed by atoms with E-state index in [0.29, 0.717) is 6.42 Å². The van der Waals surface area contributed by atoms with Crippen LogP contribution in [0.1, 0.15) is 24.8 Å². The van der Waals surface area contributed by atoms with Gasteiger partial charge in [-0.1, -0.05) is 30.3 Å². The van der Waals surface area contributed by atoms with E-state index < -0.39 is 5.97 Å². The Kier molecular flexibility index (Phi) is 4.76. The first kappa shape index (κ1) is 13.1. The number of carboxylic acids is 1. The standard InChI is InChI=1S/C15H21NO2/c17-15(18)7-4-9-16-10-8-14(12-16)11-13-5-2-1-3-6-13/h1-3,5-6,14H,4,7-12H2,(H,17,18)/t14-/m0/s1. The highest BCUT2D eigenvalue weighted by atomic mass is 16.4. The summed E-state index contributed by atoms with van der Waals surface area (Å²) in [6.45, 7) is 3.17. The Morgan fingerprint density at radius 2 is 2.11 bits per heavy atom. The first-order valence-electron chi connectivity index (χ1n) is 6.72. The Labute approximate surface area is 108 Å². The van der Waals surface area contributed by atoms with Crippen LogP contribution < -0.4 is 0 Å². The lowest BCUT2D eigenvalue weighted by Gasteiger charge is -2.15. The zero-order valence-electron chi connectivity index (χ0n) is 10.7. The highest BCUT2D eigenvalue weighted by molar-refractivity contribution is 5.66. The van der Waals surface area contributed by atoms with E-state index in [4.69, 9.17) is 5.11 Å². The molecule has 2 rings (SSSR count). The van der Waals surface area contributed by atoms with Gasteiger partial charge in [-0.05, 0) is 43.8 Å². The van der Waals surface area contributed by atoms with Crippen LogP contribution >= 0.6 is 0 Å². The molecule has 1 saturated heterocycles. The van der Waals surface area contributed by atoms with Crippen LogP contribution in [0.15, 0.2) is 30.3 Å². The number of nitrogens with zero attached hydrogens (tertiary/aromatic N) is 1. The van der Waals surface area contributed by atoms with Crippen molar-refractivity contribution in [2.24, 2.45) is 5.92 Å². The minimum Gasteiger partial charge on any atom is -0.481 e. The summed E-state index contributed by atoms with van der Waals surface area (Å²) in [4.78, 5) is 12.9. The number of likely N-dealkylation sites (tertiary alicyclic amines) is 1. The molecule has 98 valence electrons. The van der Waals surface area contributed by atoms with Crippen molar-refractivity contribution in [3.05, 3.63) is 35.9 Å². The van der Waals surface area contributed by atoms with Crippen molar-refractivity contribution >= 4 is 5.97 Å². The van der Waals surface area contributed by atoms with Gasteiger partial charge in [0.2, 0.25) is 0 Å². The normalized spacial score (nSPS) is 20.1. The van der Waals surface area contributed by atoms with E-state index >= 15 is 0 Å². The van der Waals surface area contributed by atoms with Gasteiger partial charge in [-0.3, -0.25) is 4.79 Å². The Morgan fingerprint density at radius 1 is 1.33 bits per heavy atom. The summed E-state index contributed by atoms with van der Waals surface area (Å²) >= 11 is 0. The van der Waals surface area contributed by atoms with Gasteiger partial charge in [0.25, 0.3) is 0 Å². The molecule has 0 amide bonds. The van der Waals surface area contributed by atoms with E-state index in [9.17, 15) is 4.79 Å². The molecule has 1 aromatic rings. The van der Waals surface area contributed by atoms with Gasteiger partial charge >= 0.3 is 5.97 Å². The van der Waals surface area contributed by atoms with Crippen molar-refractivity contribution in [2.75, 3.05) is 19.6 Å². The second-order valence-corrected chi connectivity index (χ2v) is 5.14. The maximum Gasteiger partial charge on any atom is 0.303 e. The molecule has 1 fully saturated rings. The van der Waals surface area contributed by atoms with Crippen LogP contribution in [0.2, 0.25) is 0 Å². The molecule has 0 saturated carbocycles. The maximum absolute atomic E-state index is 10.5. The van der Waals surface area contributed by atoms with E-state index in [1.807, 2.05) is 0 Å². The average Bonchev–Trinajstić information content (AvgIpc) is 2.78. The van der Waals surface area contributed by atoms with Gasteiger partial charge in [-0.25, -0.2) is 0 Å². The number of hydrogen-bond acceptors (Lipinski definition) is 2. The lowest BCUT2D eigenvalue weighted by Crippen LogP contribution is -2.22. The minimum atomic E-state index is -0.685. The lowest BCUT2D eigenvalue weighted by atomic mass is 9.99. The van der Waals surface area contributed by atoms with E-state index in [1.54, 1.807) is 0 Å². The molecule has 3 heteroatoms. The molecule has 3 nitrogen and oxygen atoms in total. The van der Waals surface area contributed by atoms with Gasteiger partial charge in [0, 0.05) is 13.0 Å². The third-order valence-corrected chi connectivity index (χ3v) is 3.60. The Hall–Kier alpha value is -1.35.